The number of aryl methyl sites for hydroxylation is 1. The summed E-state index contributed by atoms with van der Waals surface area (Å²) in [5.41, 5.74) is 6.00. The number of benzene rings is 1. The summed E-state index contributed by atoms with van der Waals surface area (Å²) in [4.78, 5) is 0. The zero-order valence-corrected chi connectivity index (χ0v) is 11.6. The minimum absolute atomic E-state index is 0.0432. The molecule has 2 rings (SSSR count). The van der Waals surface area contributed by atoms with E-state index in [0.29, 0.717) is 17.5 Å². The SMILES string of the molecule is Cc1cc(F)ccc1C(O)C1(CN)CCS(=O)(=O)C1. The lowest BCUT2D eigenvalue weighted by Crippen LogP contribution is -2.38. The highest BCUT2D eigenvalue weighted by molar-refractivity contribution is 7.91. The largest absolute Gasteiger partial charge is 0.388 e. The summed E-state index contributed by atoms with van der Waals surface area (Å²) in [6.45, 7) is 1.78. The summed E-state index contributed by atoms with van der Waals surface area (Å²) < 4.78 is 36.4. The Morgan fingerprint density at radius 2 is 2.21 bits per heavy atom. The van der Waals surface area contributed by atoms with Gasteiger partial charge in [-0.25, -0.2) is 12.8 Å². The molecule has 1 heterocycles. The molecule has 0 bridgehead atoms. The summed E-state index contributed by atoms with van der Waals surface area (Å²) in [5.74, 6) is -0.454. The number of aliphatic hydroxyl groups is 1. The first-order chi connectivity index (χ1) is 8.80. The van der Waals surface area contributed by atoms with Crippen molar-refractivity contribution in [1.82, 2.24) is 0 Å². The fourth-order valence-electron chi connectivity index (χ4n) is 2.71. The molecular formula is C13H18FNO3S. The molecule has 0 radical (unpaired) electrons. The maximum Gasteiger partial charge on any atom is 0.151 e. The zero-order chi connectivity index (χ0) is 14.3. The Labute approximate surface area is 112 Å². The van der Waals surface area contributed by atoms with Crippen LogP contribution in [0.2, 0.25) is 0 Å². The van der Waals surface area contributed by atoms with Crippen LogP contribution < -0.4 is 5.73 Å². The van der Waals surface area contributed by atoms with Gasteiger partial charge in [-0.3, -0.25) is 0 Å². The molecule has 1 saturated heterocycles. The standard InChI is InChI=1S/C13H18FNO3S/c1-9-6-10(14)2-3-11(9)12(16)13(7-15)4-5-19(17,18)8-13/h2-3,6,12,16H,4-5,7-8,15H2,1H3. The smallest absolute Gasteiger partial charge is 0.151 e. The minimum atomic E-state index is -3.15. The average molecular weight is 287 g/mol. The molecule has 2 atom stereocenters. The lowest BCUT2D eigenvalue weighted by Gasteiger charge is -2.32. The van der Waals surface area contributed by atoms with E-state index in [1.807, 2.05) is 0 Å². The molecule has 106 valence electrons. The van der Waals surface area contributed by atoms with Gasteiger partial charge in [-0.15, -0.1) is 0 Å². The molecule has 1 aromatic rings. The zero-order valence-electron chi connectivity index (χ0n) is 10.8. The molecule has 4 nitrogen and oxygen atoms in total. The molecule has 1 aliphatic heterocycles. The van der Waals surface area contributed by atoms with E-state index >= 15 is 0 Å². The highest BCUT2D eigenvalue weighted by Gasteiger charge is 2.47. The van der Waals surface area contributed by atoms with Gasteiger partial charge in [0, 0.05) is 12.0 Å². The summed E-state index contributed by atoms with van der Waals surface area (Å²) in [6.07, 6.45) is -0.653. The van der Waals surface area contributed by atoms with Crippen molar-refractivity contribution in [2.24, 2.45) is 11.1 Å². The van der Waals surface area contributed by atoms with Gasteiger partial charge in [-0.1, -0.05) is 6.07 Å². The first-order valence-electron chi connectivity index (χ1n) is 6.14. The second-order valence-electron chi connectivity index (χ2n) is 5.31. The van der Waals surface area contributed by atoms with Crippen molar-refractivity contribution in [2.75, 3.05) is 18.1 Å². The molecule has 1 fully saturated rings. The number of hydrogen-bond acceptors (Lipinski definition) is 4. The van der Waals surface area contributed by atoms with E-state index in [-0.39, 0.29) is 23.9 Å². The molecule has 0 amide bonds. The van der Waals surface area contributed by atoms with Gasteiger partial charge in [0.15, 0.2) is 9.84 Å². The normalized spacial score (nSPS) is 27.4. The molecule has 0 saturated carbocycles. The monoisotopic (exact) mass is 287 g/mol. The number of hydrogen-bond donors (Lipinski definition) is 2. The molecular weight excluding hydrogens is 269 g/mol. The van der Waals surface area contributed by atoms with Gasteiger partial charge in [-0.2, -0.15) is 0 Å². The number of nitrogens with two attached hydrogens (primary N) is 1. The molecule has 2 unspecified atom stereocenters. The number of rotatable bonds is 3. The van der Waals surface area contributed by atoms with Crippen LogP contribution in [-0.2, 0) is 9.84 Å². The van der Waals surface area contributed by atoms with Crippen LogP contribution in [0.25, 0.3) is 0 Å². The molecule has 0 aromatic heterocycles. The van der Waals surface area contributed by atoms with Crippen LogP contribution in [0.5, 0.6) is 0 Å². The van der Waals surface area contributed by atoms with Gasteiger partial charge in [0.2, 0.25) is 0 Å². The topological polar surface area (TPSA) is 80.4 Å². The second kappa shape index (κ2) is 4.85. The maximum atomic E-state index is 13.1. The van der Waals surface area contributed by atoms with E-state index < -0.39 is 21.4 Å². The van der Waals surface area contributed by atoms with Crippen molar-refractivity contribution >= 4 is 9.84 Å². The van der Waals surface area contributed by atoms with Gasteiger partial charge in [0.1, 0.15) is 5.82 Å². The third kappa shape index (κ3) is 2.66. The van der Waals surface area contributed by atoms with Crippen LogP contribution in [0, 0.1) is 18.2 Å². The highest BCUT2D eigenvalue weighted by Crippen LogP contribution is 2.43. The van der Waals surface area contributed by atoms with Crippen LogP contribution >= 0.6 is 0 Å². The van der Waals surface area contributed by atoms with Crippen LogP contribution in [0.15, 0.2) is 18.2 Å². The fourth-order valence-corrected chi connectivity index (χ4v) is 4.86. The Morgan fingerprint density at radius 1 is 1.53 bits per heavy atom. The molecule has 3 N–H and O–H groups in total. The first kappa shape index (κ1) is 14.4. The lowest BCUT2D eigenvalue weighted by molar-refractivity contribution is 0.0466. The van der Waals surface area contributed by atoms with E-state index in [2.05, 4.69) is 0 Å². The maximum absolute atomic E-state index is 13.1. The molecule has 1 aromatic carbocycles. The van der Waals surface area contributed by atoms with E-state index in [1.54, 1.807) is 6.92 Å². The molecule has 6 heteroatoms. The van der Waals surface area contributed by atoms with Crippen molar-refractivity contribution in [3.63, 3.8) is 0 Å². The van der Waals surface area contributed by atoms with Gasteiger partial charge >= 0.3 is 0 Å². The van der Waals surface area contributed by atoms with Crippen LogP contribution in [0.1, 0.15) is 23.7 Å². The van der Waals surface area contributed by atoms with Crippen molar-refractivity contribution in [3.8, 4) is 0 Å². The Hall–Kier alpha value is -0.980. The third-order valence-electron chi connectivity index (χ3n) is 3.93. The van der Waals surface area contributed by atoms with Gasteiger partial charge in [-0.05, 0) is 36.6 Å². The van der Waals surface area contributed by atoms with Gasteiger partial charge in [0.05, 0.1) is 17.6 Å². The van der Waals surface area contributed by atoms with E-state index in [4.69, 9.17) is 5.73 Å². The quantitative estimate of drug-likeness (QED) is 0.866. The van der Waals surface area contributed by atoms with Crippen molar-refractivity contribution in [3.05, 3.63) is 35.1 Å². The van der Waals surface area contributed by atoms with Gasteiger partial charge in [0.25, 0.3) is 0 Å². The van der Waals surface area contributed by atoms with Crippen molar-refractivity contribution < 1.29 is 17.9 Å². The first-order valence-corrected chi connectivity index (χ1v) is 7.96. The summed E-state index contributed by atoms with van der Waals surface area (Å²) >= 11 is 0. The van der Waals surface area contributed by atoms with E-state index in [1.165, 1.54) is 18.2 Å². The molecule has 0 spiro atoms. The average Bonchev–Trinajstić information content (AvgIpc) is 2.65. The summed E-state index contributed by atoms with van der Waals surface area (Å²) in [6, 6.07) is 4.09. The Balaban J connectivity index is 2.39. The number of aliphatic hydroxyl groups excluding tert-OH is 1. The summed E-state index contributed by atoms with van der Waals surface area (Å²) in [5, 5.41) is 10.5. The Morgan fingerprint density at radius 3 is 2.68 bits per heavy atom. The summed E-state index contributed by atoms with van der Waals surface area (Å²) in [7, 11) is -3.15. The van der Waals surface area contributed by atoms with Crippen LogP contribution in [-0.4, -0.2) is 31.6 Å². The lowest BCUT2D eigenvalue weighted by atomic mass is 9.77. The highest BCUT2D eigenvalue weighted by atomic mass is 32.2. The van der Waals surface area contributed by atoms with Crippen molar-refractivity contribution in [2.45, 2.75) is 19.4 Å². The molecule has 0 aliphatic carbocycles. The third-order valence-corrected chi connectivity index (χ3v) is 5.77. The Kier molecular flexibility index (Phi) is 3.68. The molecule has 19 heavy (non-hydrogen) atoms. The number of halogens is 1. The number of sulfone groups is 1. The molecule has 1 aliphatic rings. The van der Waals surface area contributed by atoms with Gasteiger partial charge < -0.3 is 10.8 Å². The minimum Gasteiger partial charge on any atom is -0.388 e. The second-order valence-corrected chi connectivity index (χ2v) is 7.50. The van der Waals surface area contributed by atoms with Crippen molar-refractivity contribution in [1.29, 1.82) is 0 Å². The predicted molar refractivity (Wildman–Crippen MR) is 70.9 cm³/mol. The predicted octanol–water partition coefficient (Wildman–Crippen LogP) is 0.931. The van der Waals surface area contributed by atoms with Crippen LogP contribution in [0.3, 0.4) is 0 Å². The fraction of sp³-hybridized carbons (Fsp3) is 0.538. The van der Waals surface area contributed by atoms with E-state index in [9.17, 15) is 17.9 Å². The Bertz CT molecular complexity index is 588. The van der Waals surface area contributed by atoms with E-state index in [0.717, 1.165) is 0 Å². The van der Waals surface area contributed by atoms with Crippen LogP contribution in [0.4, 0.5) is 4.39 Å².